The predicted octanol–water partition coefficient (Wildman–Crippen LogP) is 6.40. The van der Waals surface area contributed by atoms with Crippen LogP contribution in [0.15, 0.2) is 24.3 Å². The molecule has 0 spiro atoms. The Bertz CT molecular complexity index is 894. The van der Waals surface area contributed by atoms with Gasteiger partial charge in [0.2, 0.25) is 11.8 Å². The predicted molar refractivity (Wildman–Crippen MR) is 161 cm³/mol. The van der Waals surface area contributed by atoms with Crippen molar-refractivity contribution < 1.29 is 19.1 Å². The van der Waals surface area contributed by atoms with Crippen LogP contribution in [-0.4, -0.2) is 59.0 Å². The number of amides is 3. The first-order valence-electron chi connectivity index (χ1n) is 14.8. The number of carbonyl (C=O) groups is 3. The van der Waals surface area contributed by atoms with Crippen molar-refractivity contribution in [1.29, 1.82) is 0 Å². The molecule has 8 heteroatoms. The van der Waals surface area contributed by atoms with E-state index in [9.17, 15) is 14.4 Å². The van der Waals surface area contributed by atoms with E-state index in [1.54, 1.807) is 37.4 Å². The maximum atomic E-state index is 14.2. The highest BCUT2D eigenvalue weighted by atomic mass is 32.2. The lowest BCUT2D eigenvalue weighted by atomic mass is 9.94. The van der Waals surface area contributed by atoms with Gasteiger partial charge in [-0.1, -0.05) is 70.2 Å². The van der Waals surface area contributed by atoms with E-state index in [0.717, 1.165) is 56.9 Å². The fourth-order valence-electron chi connectivity index (χ4n) is 4.98. The lowest BCUT2D eigenvalue weighted by molar-refractivity contribution is -0.143. The fourth-order valence-corrected chi connectivity index (χ4v) is 5.45. The van der Waals surface area contributed by atoms with Gasteiger partial charge in [0.1, 0.15) is 17.7 Å². The van der Waals surface area contributed by atoms with Gasteiger partial charge >= 0.3 is 6.09 Å². The van der Waals surface area contributed by atoms with E-state index in [1.807, 2.05) is 30.5 Å². The second kappa shape index (κ2) is 16.8. The van der Waals surface area contributed by atoms with Crippen molar-refractivity contribution in [3.05, 3.63) is 35.4 Å². The number of alkyl carbamates (subject to hydrolysis) is 1. The Labute approximate surface area is 240 Å². The highest BCUT2D eigenvalue weighted by Crippen LogP contribution is 2.26. The van der Waals surface area contributed by atoms with E-state index in [1.165, 1.54) is 12.0 Å². The van der Waals surface area contributed by atoms with Crippen LogP contribution in [0.5, 0.6) is 0 Å². The number of benzene rings is 1. The number of hydrogen-bond acceptors (Lipinski definition) is 5. The van der Waals surface area contributed by atoms with Crippen LogP contribution in [-0.2, 0) is 20.7 Å². The van der Waals surface area contributed by atoms with Crippen LogP contribution in [0.1, 0.15) is 110 Å². The Morgan fingerprint density at radius 3 is 2.28 bits per heavy atom. The van der Waals surface area contributed by atoms with Crippen LogP contribution in [0.4, 0.5) is 4.79 Å². The Balaban J connectivity index is 2.45. The number of ether oxygens (including phenoxy) is 1. The van der Waals surface area contributed by atoms with Gasteiger partial charge in [0.25, 0.3) is 0 Å². The molecule has 2 N–H and O–H groups in total. The Morgan fingerprint density at radius 2 is 1.72 bits per heavy atom. The normalized spacial score (nSPS) is 15.7. The molecular formula is C31H51N3O4S. The number of nitrogens with one attached hydrogen (secondary N) is 2. The van der Waals surface area contributed by atoms with Gasteiger partial charge in [-0.15, -0.1) is 0 Å². The molecule has 39 heavy (non-hydrogen) atoms. The minimum absolute atomic E-state index is 0.128. The lowest BCUT2D eigenvalue weighted by Crippen LogP contribution is -2.54. The number of thioether (sulfide) groups is 1. The van der Waals surface area contributed by atoms with E-state index in [-0.39, 0.29) is 17.9 Å². The summed E-state index contributed by atoms with van der Waals surface area (Å²) in [7, 11) is 0. The summed E-state index contributed by atoms with van der Waals surface area (Å²) in [5.74, 6) is 0.310. The standard InChI is InChI=1S/C31H51N3O4S/c1-7-9-13-21-34(29(36)26(20-22-39-6)33-30(37)38-31(3,4)5)27(24-18-16-23(8-2)17-19-24)28(35)32-25-14-11-10-12-15-25/h16-19,25-27H,7-15,20-22H2,1-6H3,(H,32,35)(H,33,37). The van der Waals surface area contributed by atoms with E-state index in [0.29, 0.717) is 18.7 Å². The molecule has 1 saturated carbocycles. The van der Waals surface area contributed by atoms with Gasteiger partial charge in [-0.05, 0) is 76.0 Å². The summed E-state index contributed by atoms with van der Waals surface area (Å²) in [5, 5.41) is 6.10. The molecule has 2 atom stereocenters. The number of aryl methyl sites for hydroxylation is 1. The van der Waals surface area contributed by atoms with Crippen molar-refractivity contribution in [2.75, 3.05) is 18.6 Å². The maximum absolute atomic E-state index is 14.2. The molecule has 1 aromatic carbocycles. The number of hydrogen-bond donors (Lipinski definition) is 2. The highest BCUT2D eigenvalue weighted by Gasteiger charge is 2.36. The molecule has 2 unspecified atom stereocenters. The molecule has 0 saturated heterocycles. The molecule has 0 heterocycles. The first-order valence-corrected chi connectivity index (χ1v) is 16.2. The monoisotopic (exact) mass is 561 g/mol. The first kappa shape index (κ1) is 33.0. The molecule has 2 rings (SSSR count). The van der Waals surface area contributed by atoms with Crippen molar-refractivity contribution in [3.63, 3.8) is 0 Å². The highest BCUT2D eigenvalue weighted by molar-refractivity contribution is 7.98. The van der Waals surface area contributed by atoms with Gasteiger partial charge in [-0.25, -0.2) is 4.79 Å². The van der Waals surface area contributed by atoms with E-state index in [4.69, 9.17) is 4.74 Å². The van der Waals surface area contributed by atoms with Gasteiger partial charge in [-0.3, -0.25) is 9.59 Å². The summed E-state index contributed by atoms with van der Waals surface area (Å²) in [6.07, 6.45) is 10.8. The molecule has 0 bridgehead atoms. The zero-order chi connectivity index (χ0) is 28.8. The molecule has 1 fully saturated rings. The van der Waals surface area contributed by atoms with Crippen LogP contribution < -0.4 is 10.6 Å². The fraction of sp³-hybridized carbons (Fsp3) is 0.710. The van der Waals surface area contributed by atoms with Gasteiger partial charge in [0.15, 0.2) is 0 Å². The molecule has 1 aromatic rings. The number of carbonyl (C=O) groups excluding carboxylic acids is 3. The zero-order valence-corrected chi connectivity index (χ0v) is 25.8. The Kier molecular flexibility index (Phi) is 14.2. The number of rotatable bonds is 14. The minimum Gasteiger partial charge on any atom is -0.444 e. The van der Waals surface area contributed by atoms with Crippen LogP contribution in [0.25, 0.3) is 0 Å². The zero-order valence-electron chi connectivity index (χ0n) is 25.0. The second-order valence-corrected chi connectivity index (χ2v) is 12.5. The van der Waals surface area contributed by atoms with Crippen molar-refractivity contribution >= 4 is 29.7 Å². The third kappa shape index (κ3) is 11.4. The smallest absolute Gasteiger partial charge is 0.408 e. The SMILES string of the molecule is CCCCCN(C(=O)C(CCSC)NC(=O)OC(C)(C)C)C(C(=O)NC1CCCCC1)c1ccc(CC)cc1. The van der Waals surface area contributed by atoms with E-state index in [2.05, 4.69) is 24.5 Å². The van der Waals surface area contributed by atoms with Crippen LogP contribution in [0, 0.1) is 0 Å². The molecule has 1 aliphatic carbocycles. The first-order chi connectivity index (χ1) is 18.6. The third-order valence-electron chi connectivity index (χ3n) is 7.10. The maximum Gasteiger partial charge on any atom is 0.408 e. The summed E-state index contributed by atoms with van der Waals surface area (Å²) in [5.41, 5.74) is 1.30. The molecule has 7 nitrogen and oxygen atoms in total. The van der Waals surface area contributed by atoms with Crippen LogP contribution in [0.2, 0.25) is 0 Å². The molecule has 3 amide bonds. The number of unbranched alkanes of at least 4 members (excludes halogenated alkanes) is 2. The lowest BCUT2D eigenvalue weighted by Gasteiger charge is -2.36. The van der Waals surface area contributed by atoms with Crippen molar-refractivity contribution in [2.24, 2.45) is 0 Å². The molecule has 1 aliphatic rings. The van der Waals surface area contributed by atoms with Crippen molar-refractivity contribution in [3.8, 4) is 0 Å². The largest absolute Gasteiger partial charge is 0.444 e. The summed E-state index contributed by atoms with van der Waals surface area (Å²) >= 11 is 1.62. The summed E-state index contributed by atoms with van der Waals surface area (Å²) in [4.78, 5) is 42.7. The molecule has 0 aliphatic heterocycles. The van der Waals surface area contributed by atoms with Gasteiger partial charge in [-0.2, -0.15) is 11.8 Å². The topological polar surface area (TPSA) is 87.7 Å². The van der Waals surface area contributed by atoms with Gasteiger partial charge < -0.3 is 20.3 Å². The second-order valence-electron chi connectivity index (χ2n) is 11.6. The molecule has 220 valence electrons. The molecule has 0 radical (unpaired) electrons. The Hall–Kier alpha value is -2.22. The summed E-state index contributed by atoms with van der Waals surface area (Å²) in [6.45, 7) is 10.1. The third-order valence-corrected chi connectivity index (χ3v) is 7.74. The van der Waals surface area contributed by atoms with Gasteiger partial charge in [0.05, 0.1) is 0 Å². The molecule has 0 aromatic heterocycles. The summed E-state index contributed by atoms with van der Waals surface area (Å²) < 4.78 is 5.49. The van der Waals surface area contributed by atoms with Crippen molar-refractivity contribution in [1.82, 2.24) is 15.5 Å². The van der Waals surface area contributed by atoms with Crippen LogP contribution >= 0.6 is 11.8 Å². The molecular weight excluding hydrogens is 510 g/mol. The van der Waals surface area contributed by atoms with Crippen LogP contribution in [0.3, 0.4) is 0 Å². The minimum atomic E-state index is -0.783. The number of nitrogens with zero attached hydrogens (tertiary/aromatic N) is 1. The Morgan fingerprint density at radius 1 is 1.05 bits per heavy atom. The average molecular weight is 562 g/mol. The van der Waals surface area contributed by atoms with E-state index < -0.39 is 23.8 Å². The summed E-state index contributed by atoms with van der Waals surface area (Å²) in [6, 6.07) is 6.60. The average Bonchev–Trinajstić information content (AvgIpc) is 2.90. The van der Waals surface area contributed by atoms with Gasteiger partial charge in [0, 0.05) is 12.6 Å². The van der Waals surface area contributed by atoms with E-state index >= 15 is 0 Å². The van der Waals surface area contributed by atoms with Crippen molar-refractivity contribution in [2.45, 2.75) is 123 Å². The quantitative estimate of drug-likeness (QED) is 0.257.